The molecule has 6 nitrogen and oxygen atoms in total. The Morgan fingerprint density at radius 1 is 1.04 bits per heavy atom. The highest BCUT2D eigenvalue weighted by Crippen LogP contribution is 2.33. The second-order valence-corrected chi connectivity index (χ2v) is 6.64. The molecule has 0 atom stereocenters. The lowest BCUT2D eigenvalue weighted by molar-refractivity contribution is 0.297. The van der Waals surface area contributed by atoms with E-state index in [1.165, 1.54) is 18.2 Å². The molecule has 0 aromatic heterocycles. The van der Waals surface area contributed by atoms with E-state index in [9.17, 15) is 8.42 Å². The first-order valence-electron chi connectivity index (χ1n) is 7.01. The monoisotopic (exact) mass is 330 g/mol. The van der Waals surface area contributed by atoms with Crippen LogP contribution in [-0.4, -0.2) is 21.6 Å². The van der Waals surface area contributed by atoms with Crippen molar-refractivity contribution in [1.29, 1.82) is 5.26 Å². The summed E-state index contributed by atoms with van der Waals surface area (Å²) in [6.45, 7) is 1.09. The molecule has 1 aliphatic heterocycles. The number of rotatable bonds is 3. The third-order valence-electron chi connectivity index (χ3n) is 3.27. The standard InChI is InChI=1S/C16H14N2O4S/c17-11-12-3-1-4-14(9-12)23(19,20)18-13-5-6-15-16(10-13)22-8-2-7-21-15/h1,3-6,9-10,18H,2,7-8H2. The molecule has 3 rings (SSSR count). The van der Waals surface area contributed by atoms with Crippen molar-refractivity contribution < 1.29 is 17.9 Å². The minimum absolute atomic E-state index is 0.0312. The number of hydrogen-bond acceptors (Lipinski definition) is 5. The number of nitrogens with zero attached hydrogens (tertiary/aromatic N) is 1. The highest BCUT2D eigenvalue weighted by atomic mass is 32.2. The van der Waals surface area contributed by atoms with Crippen LogP contribution in [0.4, 0.5) is 5.69 Å². The van der Waals surface area contributed by atoms with Crippen LogP contribution >= 0.6 is 0 Å². The lowest BCUT2D eigenvalue weighted by Crippen LogP contribution is -2.13. The average molecular weight is 330 g/mol. The van der Waals surface area contributed by atoms with Gasteiger partial charge in [-0.15, -0.1) is 0 Å². The number of nitriles is 1. The molecule has 0 saturated carbocycles. The van der Waals surface area contributed by atoms with Crippen LogP contribution in [0.25, 0.3) is 0 Å². The molecule has 0 unspecified atom stereocenters. The van der Waals surface area contributed by atoms with E-state index in [0.717, 1.165) is 6.42 Å². The second kappa shape index (κ2) is 6.18. The third kappa shape index (κ3) is 3.38. The highest BCUT2D eigenvalue weighted by Gasteiger charge is 2.17. The molecule has 7 heteroatoms. The quantitative estimate of drug-likeness (QED) is 0.934. The SMILES string of the molecule is N#Cc1cccc(S(=O)(=O)Nc2ccc3c(c2)OCCCO3)c1. The Morgan fingerprint density at radius 2 is 1.83 bits per heavy atom. The van der Waals surface area contributed by atoms with Gasteiger partial charge in [-0.05, 0) is 30.3 Å². The number of ether oxygens (including phenoxy) is 2. The maximum atomic E-state index is 12.4. The first kappa shape index (κ1) is 15.2. The van der Waals surface area contributed by atoms with Gasteiger partial charge in [0.15, 0.2) is 11.5 Å². The zero-order chi connectivity index (χ0) is 16.3. The molecule has 0 aliphatic carbocycles. The maximum Gasteiger partial charge on any atom is 0.261 e. The number of sulfonamides is 1. The summed E-state index contributed by atoms with van der Waals surface area (Å²) in [6, 6.07) is 12.6. The molecule has 1 N–H and O–H groups in total. The molecule has 23 heavy (non-hydrogen) atoms. The molecule has 0 amide bonds. The van der Waals surface area contributed by atoms with E-state index in [0.29, 0.717) is 30.4 Å². The van der Waals surface area contributed by atoms with Crippen LogP contribution in [0.2, 0.25) is 0 Å². The number of hydrogen-bond donors (Lipinski definition) is 1. The molecule has 0 saturated heterocycles. The Morgan fingerprint density at radius 3 is 2.61 bits per heavy atom. The molecular formula is C16H14N2O4S. The van der Waals surface area contributed by atoms with E-state index in [1.54, 1.807) is 24.3 Å². The van der Waals surface area contributed by atoms with Crippen LogP contribution in [0.3, 0.4) is 0 Å². The van der Waals surface area contributed by atoms with Gasteiger partial charge in [-0.1, -0.05) is 6.07 Å². The van der Waals surface area contributed by atoms with Crippen molar-refractivity contribution in [3.63, 3.8) is 0 Å². The Kier molecular flexibility index (Phi) is 4.08. The molecular weight excluding hydrogens is 316 g/mol. The first-order valence-corrected chi connectivity index (χ1v) is 8.49. The van der Waals surface area contributed by atoms with Gasteiger partial charge in [-0.2, -0.15) is 5.26 Å². The lowest BCUT2D eigenvalue weighted by Gasteiger charge is -2.11. The molecule has 0 radical (unpaired) electrons. The van der Waals surface area contributed by atoms with Gasteiger partial charge >= 0.3 is 0 Å². The minimum Gasteiger partial charge on any atom is -0.490 e. The van der Waals surface area contributed by atoms with Crippen LogP contribution in [0.1, 0.15) is 12.0 Å². The fraction of sp³-hybridized carbons (Fsp3) is 0.188. The number of nitrogens with one attached hydrogen (secondary N) is 1. The van der Waals surface area contributed by atoms with Crippen molar-refractivity contribution >= 4 is 15.7 Å². The smallest absolute Gasteiger partial charge is 0.261 e. The van der Waals surface area contributed by atoms with Crippen molar-refractivity contribution in [2.24, 2.45) is 0 Å². The summed E-state index contributed by atoms with van der Waals surface area (Å²) in [5.41, 5.74) is 0.656. The van der Waals surface area contributed by atoms with Crippen molar-refractivity contribution in [2.75, 3.05) is 17.9 Å². The van der Waals surface area contributed by atoms with E-state index < -0.39 is 10.0 Å². The molecule has 2 aromatic rings. The van der Waals surface area contributed by atoms with Crippen LogP contribution in [-0.2, 0) is 10.0 Å². The molecule has 0 bridgehead atoms. The van der Waals surface area contributed by atoms with Gasteiger partial charge in [0.25, 0.3) is 10.0 Å². The zero-order valence-electron chi connectivity index (χ0n) is 12.2. The van der Waals surface area contributed by atoms with Gasteiger partial charge in [0.1, 0.15) is 0 Å². The highest BCUT2D eigenvalue weighted by molar-refractivity contribution is 7.92. The number of benzene rings is 2. The van der Waals surface area contributed by atoms with Crippen molar-refractivity contribution in [3.8, 4) is 17.6 Å². The van der Waals surface area contributed by atoms with Gasteiger partial charge in [-0.25, -0.2) is 8.42 Å². The molecule has 2 aromatic carbocycles. The van der Waals surface area contributed by atoms with Gasteiger partial charge in [0.05, 0.1) is 35.4 Å². The summed E-state index contributed by atoms with van der Waals surface area (Å²) < 4.78 is 38.4. The normalized spacial score (nSPS) is 13.7. The van der Waals surface area contributed by atoms with E-state index in [2.05, 4.69) is 4.72 Å². The number of fused-ring (bicyclic) bond motifs is 1. The van der Waals surface area contributed by atoms with Crippen LogP contribution in [0.15, 0.2) is 47.4 Å². The summed E-state index contributed by atoms with van der Waals surface area (Å²) >= 11 is 0. The predicted molar refractivity (Wildman–Crippen MR) is 84.0 cm³/mol. The Balaban J connectivity index is 1.88. The fourth-order valence-electron chi connectivity index (χ4n) is 2.17. The Labute approximate surface area is 134 Å². The summed E-state index contributed by atoms with van der Waals surface area (Å²) in [5.74, 6) is 1.10. The Hall–Kier alpha value is -2.72. The Bertz CT molecular complexity index is 872. The largest absolute Gasteiger partial charge is 0.490 e. The molecule has 118 valence electrons. The molecule has 0 fully saturated rings. The predicted octanol–water partition coefficient (Wildman–Crippen LogP) is 2.52. The van der Waals surface area contributed by atoms with Gasteiger partial charge in [0, 0.05) is 12.5 Å². The van der Waals surface area contributed by atoms with Gasteiger partial charge < -0.3 is 9.47 Å². The van der Waals surface area contributed by atoms with E-state index >= 15 is 0 Å². The van der Waals surface area contributed by atoms with Gasteiger partial charge in [-0.3, -0.25) is 4.72 Å². The topological polar surface area (TPSA) is 88.4 Å². The third-order valence-corrected chi connectivity index (χ3v) is 4.65. The van der Waals surface area contributed by atoms with Crippen LogP contribution in [0, 0.1) is 11.3 Å². The summed E-state index contributed by atoms with van der Waals surface area (Å²) in [7, 11) is -3.78. The second-order valence-electron chi connectivity index (χ2n) is 4.96. The summed E-state index contributed by atoms with van der Waals surface area (Å²) in [6.07, 6.45) is 0.774. The van der Waals surface area contributed by atoms with Crippen molar-refractivity contribution in [1.82, 2.24) is 0 Å². The average Bonchev–Trinajstić information content (AvgIpc) is 2.79. The van der Waals surface area contributed by atoms with E-state index in [4.69, 9.17) is 14.7 Å². The zero-order valence-corrected chi connectivity index (χ0v) is 13.0. The van der Waals surface area contributed by atoms with Gasteiger partial charge in [0.2, 0.25) is 0 Å². The van der Waals surface area contributed by atoms with E-state index in [-0.39, 0.29) is 10.5 Å². The fourth-order valence-corrected chi connectivity index (χ4v) is 3.27. The summed E-state index contributed by atoms with van der Waals surface area (Å²) in [5, 5.41) is 8.88. The maximum absolute atomic E-state index is 12.4. The summed E-state index contributed by atoms with van der Waals surface area (Å²) in [4.78, 5) is 0.0312. The van der Waals surface area contributed by atoms with Crippen LogP contribution in [0.5, 0.6) is 11.5 Å². The van der Waals surface area contributed by atoms with Crippen molar-refractivity contribution in [2.45, 2.75) is 11.3 Å². The number of anilines is 1. The molecule has 0 spiro atoms. The van der Waals surface area contributed by atoms with Crippen LogP contribution < -0.4 is 14.2 Å². The van der Waals surface area contributed by atoms with Crippen molar-refractivity contribution in [3.05, 3.63) is 48.0 Å². The first-order chi connectivity index (χ1) is 11.1. The molecule has 1 aliphatic rings. The molecule has 1 heterocycles. The minimum atomic E-state index is -3.78. The lowest BCUT2D eigenvalue weighted by atomic mass is 10.2. The van der Waals surface area contributed by atoms with E-state index in [1.807, 2.05) is 6.07 Å².